The summed E-state index contributed by atoms with van der Waals surface area (Å²) in [6.45, 7) is 5.02. The van der Waals surface area contributed by atoms with Crippen molar-refractivity contribution in [1.82, 2.24) is 19.7 Å². The first-order valence-corrected chi connectivity index (χ1v) is 25.2. The molecule has 9 rings (SSSR count). The van der Waals surface area contributed by atoms with Crippen LogP contribution in [0.2, 0.25) is 5.02 Å². The number of aliphatic hydroxyl groups excluding tert-OH is 1. The lowest BCUT2D eigenvalue weighted by Crippen LogP contribution is -2.61. The van der Waals surface area contributed by atoms with Crippen molar-refractivity contribution < 1.29 is 70.3 Å². The second-order valence-electron chi connectivity index (χ2n) is 21.5. The van der Waals surface area contributed by atoms with E-state index in [4.69, 9.17) is 25.8 Å². The number of pyridine rings is 1. The van der Waals surface area contributed by atoms with Crippen LogP contribution in [0, 0.1) is 29.0 Å². The van der Waals surface area contributed by atoms with E-state index in [2.05, 4.69) is 4.98 Å². The highest BCUT2D eigenvalue weighted by atomic mass is 35.5. The molecule has 5 atom stereocenters. The number of carbonyl (C=O) groups excluding carboxylic acids is 1. The average Bonchev–Trinajstić information content (AvgIpc) is 4.25. The van der Waals surface area contributed by atoms with Crippen LogP contribution in [0.5, 0.6) is 17.4 Å². The van der Waals surface area contributed by atoms with Crippen LogP contribution in [0.1, 0.15) is 112 Å². The number of ether oxygens (including phenoxy) is 3. The summed E-state index contributed by atoms with van der Waals surface area (Å²) in [4.78, 5) is 45.9. The topological polar surface area (TPSA) is 162 Å². The number of rotatable bonds is 19. The minimum Gasteiger partial charge on any atom is -0.494 e. The minimum atomic E-state index is -4.80. The highest BCUT2D eigenvalue weighted by Crippen LogP contribution is 2.56. The largest absolute Gasteiger partial charge is 0.494 e. The van der Waals surface area contributed by atoms with Gasteiger partial charge in [-0.2, -0.15) is 13.2 Å². The van der Waals surface area contributed by atoms with E-state index in [1.807, 2.05) is 20.8 Å². The Balaban J connectivity index is 0.837. The Kier molecular flexibility index (Phi) is 14.7. The van der Waals surface area contributed by atoms with Gasteiger partial charge in [-0.15, -0.1) is 0 Å². The van der Waals surface area contributed by atoms with Crippen molar-refractivity contribution in [2.45, 2.75) is 121 Å². The number of alkyl halides is 4. The molecule has 2 saturated carbocycles. The molecule has 394 valence electrons. The molecule has 73 heavy (non-hydrogen) atoms. The van der Waals surface area contributed by atoms with Crippen molar-refractivity contribution in [1.29, 1.82) is 0 Å². The maximum atomic E-state index is 16.1. The molecule has 3 aliphatic heterocycles. The van der Waals surface area contributed by atoms with Crippen molar-refractivity contribution >= 4 is 29.4 Å². The van der Waals surface area contributed by atoms with E-state index >= 15 is 13.2 Å². The molecule has 0 radical (unpaired) electrons. The molecule has 3 aliphatic carbocycles. The lowest BCUT2D eigenvalue weighted by atomic mass is 9.73. The van der Waals surface area contributed by atoms with E-state index < -0.39 is 83.1 Å². The third-order valence-corrected chi connectivity index (χ3v) is 15.4. The first kappa shape index (κ1) is 52.5. The van der Waals surface area contributed by atoms with Gasteiger partial charge in [0, 0.05) is 61.9 Å². The van der Waals surface area contributed by atoms with Gasteiger partial charge in [-0.25, -0.2) is 22.9 Å². The normalized spacial score (nSPS) is 24.9. The predicted octanol–water partition coefficient (Wildman–Crippen LogP) is 10.1. The van der Waals surface area contributed by atoms with E-state index in [9.17, 15) is 42.9 Å². The molecule has 3 N–H and O–H groups in total. The van der Waals surface area contributed by atoms with Gasteiger partial charge in [0.05, 0.1) is 23.9 Å². The number of likely N-dealkylation sites (tertiary alicyclic amines) is 3. The number of aliphatic hydroxyl groups is 1. The lowest BCUT2D eigenvalue weighted by Gasteiger charge is -2.45. The van der Waals surface area contributed by atoms with Crippen LogP contribution < -0.4 is 9.47 Å². The first-order chi connectivity index (χ1) is 34.5. The number of benzene rings is 2. The molecule has 1 amide bonds. The summed E-state index contributed by atoms with van der Waals surface area (Å²) in [5.74, 6) is -4.32. The van der Waals surface area contributed by atoms with Gasteiger partial charge in [0.1, 0.15) is 58.8 Å². The van der Waals surface area contributed by atoms with Crippen LogP contribution in [0.25, 0.3) is 0 Å². The van der Waals surface area contributed by atoms with Gasteiger partial charge >= 0.3 is 18.1 Å². The number of carboxylic acids is 2. The zero-order chi connectivity index (χ0) is 52.3. The first-order valence-electron chi connectivity index (χ1n) is 24.8. The predicted molar refractivity (Wildman–Crippen MR) is 253 cm³/mol. The van der Waals surface area contributed by atoms with E-state index in [0.717, 1.165) is 43.9 Å². The third kappa shape index (κ3) is 11.3. The number of amides is 1. The summed E-state index contributed by atoms with van der Waals surface area (Å²) >= 11 is 6.39. The number of hydrogen-bond donors (Lipinski definition) is 3. The van der Waals surface area contributed by atoms with Gasteiger partial charge < -0.3 is 34.4 Å². The fraction of sp³-hybridized carbons (Fsp3) is 0.547. The van der Waals surface area contributed by atoms with Gasteiger partial charge in [-0.1, -0.05) is 44.5 Å². The number of halogens is 7. The fourth-order valence-corrected chi connectivity index (χ4v) is 11.2. The van der Waals surface area contributed by atoms with E-state index in [0.29, 0.717) is 18.6 Å². The summed E-state index contributed by atoms with van der Waals surface area (Å²) < 4.78 is 110. The molecule has 3 unspecified atom stereocenters. The Morgan fingerprint density at radius 2 is 1.70 bits per heavy atom. The zero-order valence-electron chi connectivity index (χ0n) is 40.7. The van der Waals surface area contributed by atoms with Crippen LogP contribution in [-0.2, 0) is 38.3 Å². The summed E-state index contributed by atoms with van der Waals surface area (Å²) in [5.41, 5.74) is -3.29. The maximum absolute atomic E-state index is 16.1. The number of aliphatic carboxylic acids is 2. The fourth-order valence-electron chi connectivity index (χ4n) is 11.0. The monoisotopic (exact) mass is 1040 g/mol. The van der Waals surface area contributed by atoms with Crippen LogP contribution in [0.15, 0.2) is 65.8 Å². The molecule has 5 fully saturated rings. The standard InChI is InChI=1S/C53H59ClF6N4O9/c1-28(2)24-71-46-39(54)16-34(21-61-46)73-44-18-40(55)36(17-35(44)31-8-9-31)47(65)64-22-30(15-43(64)50(69)70)13-29-6-7-32(38(14-29)53(58,59)60)23-62-25-52(57,26-62)27-72-45-19-41(56)37(20-51(45,3)33-10-11-33)48(66)63-12-4-5-42(63)49(67)68/h6-7,14,16-19,21,28,30-31,33,42-43,47,65H,4-5,8-13,15,20,22-27H2,1-3H3,(H,67,68)(H,69,70)/t30?,42-,43-,47?,51?/m0/s1. The highest BCUT2D eigenvalue weighted by molar-refractivity contribution is 6.31. The summed E-state index contributed by atoms with van der Waals surface area (Å²) in [7, 11) is 0. The number of allylic oxidation sites excluding steroid dienone is 3. The van der Waals surface area contributed by atoms with Crippen LogP contribution in [0.4, 0.5) is 26.3 Å². The van der Waals surface area contributed by atoms with Crippen LogP contribution in [-0.4, -0.2) is 110 Å². The molecule has 6 aliphatic rings. The number of aromatic nitrogens is 1. The molecule has 2 aromatic carbocycles. The molecule has 0 bridgehead atoms. The van der Waals surface area contributed by atoms with Crippen molar-refractivity contribution in [3.63, 3.8) is 0 Å². The Bertz CT molecular complexity index is 2710. The highest BCUT2D eigenvalue weighted by Gasteiger charge is 2.52. The van der Waals surface area contributed by atoms with E-state index in [1.54, 1.807) is 0 Å². The third-order valence-electron chi connectivity index (χ3n) is 15.1. The van der Waals surface area contributed by atoms with E-state index in [-0.39, 0.29) is 127 Å². The molecule has 1 aromatic heterocycles. The zero-order valence-corrected chi connectivity index (χ0v) is 41.5. The van der Waals surface area contributed by atoms with Crippen LogP contribution >= 0.6 is 11.6 Å². The number of nitrogens with zero attached hydrogens (tertiary/aromatic N) is 4. The molecule has 20 heteroatoms. The maximum Gasteiger partial charge on any atom is 0.416 e. The molecule has 3 saturated heterocycles. The Labute approximate surface area is 423 Å². The number of carbonyl (C=O) groups is 3. The summed E-state index contributed by atoms with van der Waals surface area (Å²) in [6.07, 6.45) is -0.217. The van der Waals surface area contributed by atoms with Crippen molar-refractivity contribution in [2.75, 3.05) is 39.4 Å². The second-order valence-corrected chi connectivity index (χ2v) is 21.9. The van der Waals surface area contributed by atoms with Crippen molar-refractivity contribution in [3.8, 4) is 17.4 Å². The average molecular weight is 1050 g/mol. The second kappa shape index (κ2) is 20.4. The molecule has 3 aromatic rings. The van der Waals surface area contributed by atoms with Gasteiger partial charge in [0.15, 0.2) is 5.67 Å². The van der Waals surface area contributed by atoms with Crippen molar-refractivity contribution in [3.05, 3.63) is 104 Å². The van der Waals surface area contributed by atoms with Crippen LogP contribution in [0.3, 0.4) is 0 Å². The Hall–Kier alpha value is -5.37. The number of hydrogen-bond acceptors (Lipinski definition) is 10. The lowest BCUT2D eigenvalue weighted by molar-refractivity contribution is -0.147. The molecule has 13 nitrogen and oxygen atoms in total. The SMILES string of the molecule is CC(C)COc1ncc(Oc2cc(F)c(C(O)N3CC(Cc4ccc(CN5CC(F)(COC6=CC(F)=C(C(=O)N7CCC[C@H]7C(=O)O)CC6(C)C6CC6)C5)c(C(F)(F)F)c4)C[C@H]3C(=O)O)cc2C2CC2)cc1Cl. The minimum absolute atomic E-state index is 0.00756. The number of carboxylic acid groups (broad SMARTS) is 2. The Morgan fingerprint density at radius 3 is 2.34 bits per heavy atom. The van der Waals surface area contributed by atoms with Gasteiger partial charge in [-0.05, 0) is 110 Å². The summed E-state index contributed by atoms with van der Waals surface area (Å²) in [6, 6.07) is 5.62. The quantitative estimate of drug-likeness (QED) is 0.0976. The summed E-state index contributed by atoms with van der Waals surface area (Å²) in [5, 5.41) is 31.7. The van der Waals surface area contributed by atoms with Crippen molar-refractivity contribution in [2.24, 2.45) is 23.2 Å². The van der Waals surface area contributed by atoms with Gasteiger partial charge in [0.25, 0.3) is 5.91 Å². The van der Waals surface area contributed by atoms with Gasteiger partial charge in [0.2, 0.25) is 5.88 Å². The van der Waals surface area contributed by atoms with Gasteiger partial charge in [-0.3, -0.25) is 19.4 Å². The molecular formula is C53H59ClF6N4O9. The smallest absolute Gasteiger partial charge is 0.416 e. The molecule has 0 spiro atoms. The molecular weight excluding hydrogens is 986 g/mol. The Morgan fingerprint density at radius 1 is 0.973 bits per heavy atom. The van der Waals surface area contributed by atoms with E-state index in [1.165, 1.54) is 45.2 Å². The molecule has 4 heterocycles.